The van der Waals surface area contributed by atoms with E-state index in [1.807, 2.05) is 0 Å². The Balaban J connectivity index is 3.03. The number of nitrogens with two attached hydrogens (primary N) is 1. The van der Waals surface area contributed by atoms with Crippen LogP contribution in [0.25, 0.3) is 0 Å². The Morgan fingerprint density at radius 2 is 2.27 bits per heavy atom. The first kappa shape index (κ1) is 9.38. The number of Topliss-reactive ketones (excluding diaryl/α,β-unsaturated/α-hetero) is 1. The highest BCUT2D eigenvalue weighted by atomic mass is 79.9. The van der Waals surface area contributed by atoms with E-state index in [2.05, 4.69) is 31.9 Å². The van der Waals surface area contributed by atoms with Gasteiger partial charge in [0.05, 0.1) is 14.1 Å². The van der Waals surface area contributed by atoms with E-state index in [1.165, 1.54) is 11.3 Å². The topological polar surface area (TPSA) is 43.1 Å². The molecule has 0 unspecified atom stereocenters. The van der Waals surface area contributed by atoms with Gasteiger partial charge in [0.2, 0.25) is 0 Å². The molecule has 0 aliphatic carbocycles. The molecule has 2 N–H and O–H groups in total. The van der Waals surface area contributed by atoms with Gasteiger partial charge >= 0.3 is 0 Å². The summed E-state index contributed by atoms with van der Waals surface area (Å²) in [5.74, 6) is -0.0428. The first-order valence-electron chi connectivity index (χ1n) is 2.83. The second kappa shape index (κ2) is 3.80. The molecule has 60 valence electrons. The van der Waals surface area contributed by atoms with Crippen LogP contribution >= 0.6 is 43.2 Å². The van der Waals surface area contributed by atoms with Crippen LogP contribution in [0.1, 0.15) is 10.4 Å². The summed E-state index contributed by atoms with van der Waals surface area (Å²) in [4.78, 5) is 11.1. The third kappa shape index (κ3) is 2.11. The summed E-state index contributed by atoms with van der Waals surface area (Å²) < 4.78 is 1.76. The van der Waals surface area contributed by atoms with Crippen molar-refractivity contribution < 1.29 is 4.79 Å². The van der Waals surface area contributed by atoms with E-state index >= 15 is 0 Å². The van der Waals surface area contributed by atoms with E-state index in [0.717, 1.165) is 7.57 Å². The number of hydrogen-bond acceptors (Lipinski definition) is 3. The molecule has 0 aliphatic heterocycles. The summed E-state index contributed by atoms with van der Waals surface area (Å²) in [6, 6.07) is 1.77. The van der Waals surface area contributed by atoms with Crippen LogP contribution in [0, 0.1) is 0 Å². The molecule has 1 rings (SSSR count). The van der Waals surface area contributed by atoms with Gasteiger partial charge in [0.1, 0.15) is 0 Å². The Morgan fingerprint density at radius 3 is 2.64 bits per heavy atom. The van der Waals surface area contributed by atoms with Crippen molar-refractivity contribution in [3.63, 3.8) is 0 Å². The molecule has 0 saturated carbocycles. The van der Waals surface area contributed by atoms with Gasteiger partial charge in [0, 0.05) is 5.56 Å². The number of rotatable bonds is 2. The van der Waals surface area contributed by atoms with Crippen LogP contribution in [-0.2, 0) is 0 Å². The zero-order valence-corrected chi connectivity index (χ0v) is 9.42. The fourth-order valence-corrected chi connectivity index (χ4v) is 3.50. The maximum absolute atomic E-state index is 11.1. The zero-order valence-electron chi connectivity index (χ0n) is 5.43. The standard InChI is InChI=1S/C6H5Br2NOS/c7-5-1-3(4(10)2-9)6(8)11-5/h1H,2,9H2. The van der Waals surface area contributed by atoms with E-state index in [1.54, 1.807) is 6.07 Å². The number of carbonyl (C=O) groups is 1. The number of hydrogen-bond donors (Lipinski definition) is 1. The predicted octanol–water partition coefficient (Wildman–Crippen LogP) is 2.41. The molecule has 1 heterocycles. The lowest BCUT2D eigenvalue weighted by molar-refractivity contribution is 0.100. The second-order valence-corrected chi connectivity index (χ2v) is 5.61. The number of thiophene rings is 1. The normalized spacial score (nSPS) is 10.1. The molecule has 0 fully saturated rings. The highest BCUT2D eigenvalue weighted by Crippen LogP contribution is 2.31. The summed E-state index contributed by atoms with van der Waals surface area (Å²) in [5, 5.41) is 0. The predicted molar refractivity (Wildman–Crippen MR) is 53.1 cm³/mol. The monoisotopic (exact) mass is 297 g/mol. The van der Waals surface area contributed by atoms with E-state index in [9.17, 15) is 4.79 Å². The molecule has 5 heteroatoms. The molecule has 1 aromatic heterocycles. The minimum atomic E-state index is -0.0428. The highest BCUT2D eigenvalue weighted by molar-refractivity contribution is 9.12. The SMILES string of the molecule is NCC(=O)c1cc(Br)sc1Br. The minimum Gasteiger partial charge on any atom is -0.324 e. The molecule has 11 heavy (non-hydrogen) atoms. The molecule has 1 aromatic rings. The quantitative estimate of drug-likeness (QED) is 0.852. The molecule has 0 bridgehead atoms. The number of carbonyl (C=O) groups excluding carboxylic acids is 1. The third-order valence-corrected chi connectivity index (χ3v) is 3.48. The molecule has 0 aliphatic rings. The summed E-state index contributed by atoms with van der Waals surface area (Å²) in [5.41, 5.74) is 5.86. The van der Waals surface area contributed by atoms with E-state index in [-0.39, 0.29) is 12.3 Å². The molecule has 0 aromatic carbocycles. The van der Waals surface area contributed by atoms with Crippen molar-refractivity contribution in [2.75, 3.05) is 6.54 Å². The van der Waals surface area contributed by atoms with Crippen molar-refractivity contribution in [3.8, 4) is 0 Å². The van der Waals surface area contributed by atoms with E-state index < -0.39 is 0 Å². The average molecular weight is 299 g/mol. The number of halogens is 2. The van der Waals surface area contributed by atoms with E-state index in [4.69, 9.17) is 5.73 Å². The first-order chi connectivity index (χ1) is 5.15. The maximum atomic E-state index is 11.1. The second-order valence-electron chi connectivity index (χ2n) is 1.87. The molecular formula is C6H5Br2NOS. The van der Waals surface area contributed by atoms with Gasteiger partial charge in [-0.2, -0.15) is 0 Å². The van der Waals surface area contributed by atoms with Gasteiger partial charge in [0.25, 0.3) is 0 Å². The Bertz CT molecular complexity index is 284. The van der Waals surface area contributed by atoms with Crippen LogP contribution in [0.3, 0.4) is 0 Å². The number of ketones is 1. The first-order valence-corrected chi connectivity index (χ1v) is 5.23. The highest BCUT2D eigenvalue weighted by Gasteiger charge is 2.11. The molecule has 0 atom stereocenters. The van der Waals surface area contributed by atoms with Crippen molar-refractivity contribution in [3.05, 3.63) is 19.2 Å². The largest absolute Gasteiger partial charge is 0.324 e. The molecule has 0 radical (unpaired) electrons. The Morgan fingerprint density at radius 1 is 1.64 bits per heavy atom. The molecule has 2 nitrogen and oxygen atoms in total. The summed E-state index contributed by atoms with van der Waals surface area (Å²) in [6.45, 7) is 0.0573. The zero-order chi connectivity index (χ0) is 8.43. The van der Waals surface area contributed by atoms with Crippen molar-refractivity contribution >= 4 is 49.0 Å². The van der Waals surface area contributed by atoms with Gasteiger partial charge in [-0.25, -0.2) is 0 Å². The lowest BCUT2D eigenvalue weighted by Gasteiger charge is -1.91. The molecule has 0 amide bonds. The van der Waals surface area contributed by atoms with Crippen LogP contribution in [0.15, 0.2) is 13.6 Å². The Labute approximate surface area is 85.0 Å². The van der Waals surface area contributed by atoms with Gasteiger partial charge in [-0.3, -0.25) is 4.79 Å². The van der Waals surface area contributed by atoms with E-state index in [0.29, 0.717) is 5.56 Å². The van der Waals surface area contributed by atoms with Crippen molar-refractivity contribution in [2.45, 2.75) is 0 Å². The van der Waals surface area contributed by atoms with Gasteiger partial charge < -0.3 is 5.73 Å². The van der Waals surface area contributed by atoms with Crippen LogP contribution in [-0.4, -0.2) is 12.3 Å². The van der Waals surface area contributed by atoms with Gasteiger partial charge in [-0.05, 0) is 37.9 Å². The molecule has 0 saturated heterocycles. The van der Waals surface area contributed by atoms with Crippen LogP contribution in [0.4, 0.5) is 0 Å². The third-order valence-electron chi connectivity index (χ3n) is 1.14. The lowest BCUT2D eigenvalue weighted by atomic mass is 10.2. The Kier molecular flexibility index (Phi) is 3.24. The van der Waals surface area contributed by atoms with Gasteiger partial charge in [-0.1, -0.05) is 0 Å². The summed E-state index contributed by atoms with van der Waals surface area (Å²) >= 11 is 8.02. The van der Waals surface area contributed by atoms with Crippen molar-refractivity contribution in [1.29, 1.82) is 0 Å². The fraction of sp³-hybridized carbons (Fsp3) is 0.167. The molecule has 0 spiro atoms. The van der Waals surface area contributed by atoms with Crippen molar-refractivity contribution in [2.24, 2.45) is 5.73 Å². The van der Waals surface area contributed by atoms with Gasteiger partial charge in [0.15, 0.2) is 5.78 Å². The lowest BCUT2D eigenvalue weighted by Crippen LogP contribution is -2.12. The molecular weight excluding hydrogens is 294 g/mol. The minimum absolute atomic E-state index is 0.0428. The van der Waals surface area contributed by atoms with Crippen LogP contribution in [0.5, 0.6) is 0 Å². The summed E-state index contributed by atoms with van der Waals surface area (Å²) in [7, 11) is 0. The maximum Gasteiger partial charge on any atom is 0.178 e. The van der Waals surface area contributed by atoms with Crippen LogP contribution in [0.2, 0.25) is 0 Å². The fourth-order valence-electron chi connectivity index (χ4n) is 0.640. The van der Waals surface area contributed by atoms with Crippen LogP contribution < -0.4 is 5.73 Å². The average Bonchev–Trinajstić information content (AvgIpc) is 2.28. The summed E-state index contributed by atoms with van der Waals surface area (Å²) in [6.07, 6.45) is 0. The Hall–Kier alpha value is 0.290. The van der Waals surface area contributed by atoms with Crippen molar-refractivity contribution in [1.82, 2.24) is 0 Å². The van der Waals surface area contributed by atoms with Gasteiger partial charge in [-0.15, -0.1) is 11.3 Å². The smallest absolute Gasteiger partial charge is 0.178 e.